The molecule has 0 radical (unpaired) electrons. The Bertz CT molecular complexity index is 341. The molecule has 0 spiro atoms. The van der Waals surface area contributed by atoms with Gasteiger partial charge < -0.3 is 10.6 Å². The minimum atomic E-state index is -0.0810. The van der Waals surface area contributed by atoms with E-state index in [0.29, 0.717) is 11.6 Å². The Morgan fingerprint density at radius 3 is 3.27 bits per heavy atom. The van der Waals surface area contributed by atoms with Crippen molar-refractivity contribution in [3.63, 3.8) is 0 Å². The molecule has 1 aromatic heterocycles. The van der Waals surface area contributed by atoms with E-state index in [1.807, 2.05) is 0 Å². The third kappa shape index (κ3) is 2.56. The van der Waals surface area contributed by atoms with Crippen molar-refractivity contribution in [3.8, 4) is 0 Å². The highest BCUT2D eigenvalue weighted by molar-refractivity contribution is 5.92. The Kier molecular flexibility index (Phi) is 3.01. The number of amides is 1. The first-order valence-corrected chi connectivity index (χ1v) is 5.24. The molecule has 5 heteroatoms. The van der Waals surface area contributed by atoms with Crippen molar-refractivity contribution >= 4 is 5.91 Å². The lowest BCUT2D eigenvalue weighted by Crippen LogP contribution is -2.30. The molecule has 2 rings (SSSR count). The SMILES string of the molecule is Cn1ccc(C(=O)NCC2CCNC2)n1. The Balaban J connectivity index is 1.81. The summed E-state index contributed by atoms with van der Waals surface area (Å²) in [5.74, 6) is 0.486. The third-order valence-corrected chi connectivity index (χ3v) is 2.66. The zero-order valence-electron chi connectivity index (χ0n) is 8.86. The molecule has 1 amide bonds. The standard InChI is InChI=1S/C10H16N4O/c1-14-5-3-9(13-14)10(15)12-7-8-2-4-11-6-8/h3,5,8,11H,2,4,6-7H2,1H3,(H,12,15). The summed E-state index contributed by atoms with van der Waals surface area (Å²) in [7, 11) is 1.80. The van der Waals surface area contributed by atoms with E-state index in [9.17, 15) is 4.79 Å². The first kappa shape index (κ1) is 10.2. The van der Waals surface area contributed by atoms with Gasteiger partial charge in [-0.1, -0.05) is 0 Å². The van der Waals surface area contributed by atoms with E-state index in [0.717, 1.165) is 26.1 Å². The van der Waals surface area contributed by atoms with Crippen LogP contribution in [0.2, 0.25) is 0 Å². The predicted molar refractivity (Wildman–Crippen MR) is 56.5 cm³/mol. The molecule has 1 aliphatic heterocycles. The Labute approximate surface area is 88.8 Å². The van der Waals surface area contributed by atoms with Crippen molar-refractivity contribution < 1.29 is 4.79 Å². The zero-order chi connectivity index (χ0) is 10.7. The molecule has 1 unspecified atom stereocenters. The van der Waals surface area contributed by atoms with Crippen molar-refractivity contribution in [1.82, 2.24) is 20.4 Å². The summed E-state index contributed by atoms with van der Waals surface area (Å²) in [4.78, 5) is 11.6. The van der Waals surface area contributed by atoms with E-state index in [-0.39, 0.29) is 5.91 Å². The zero-order valence-corrected chi connectivity index (χ0v) is 8.86. The maximum Gasteiger partial charge on any atom is 0.271 e. The van der Waals surface area contributed by atoms with Crippen LogP contribution in [0.25, 0.3) is 0 Å². The topological polar surface area (TPSA) is 59.0 Å². The fourth-order valence-corrected chi connectivity index (χ4v) is 1.75. The summed E-state index contributed by atoms with van der Waals surface area (Å²) in [6.45, 7) is 2.80. The quantitative estimate of drug-likeness (QED) is 0.720. The Morgan fingerprint density at radius 2 is 2.67 bits per heavy atom. The molecule has 1 atom stereocenters. The molecular formula is C10H16N4O. The second-order valence-corrected chi connectivity index (χ2v) is 3.94. The van der Waals surface area contributed by atoms with Gasteiger partial charge in [-0.2, -0.15) is 5.10 Å². The van der Waals surface area contributed by atoms with Crippen LogP contribution in [-0.4, -0.2) is 35.3 Å². The average molecular weight is 208 g/mol. The number of aryl methyl sites for hydroxylation is 1. The highest BCUT2D eigenvalue weighted by Gasteiger charge is 2.16. The summed E-state index contributed by atoms with van der Waals surface area (Å²) in [5.41, 5.74) is 0.489. The summed E-state index contributed by atoms with van der Waals surface area (Å²) in [6.07, 6.45) is 2.91. The van der Waals surface area contributed by atoms with Crippen molar-refractivity contribution in [3.05, 3.63) is 18.0 Å². The summed E-state index contributed by atoms with van der Waals surface area (Å²) < 4.78 is 1.63. The molecule has 0 aliphatic carbocycles. The van der Waals surface area contributed by atoms with Crippen molar-refractivity contribution in [2.24, 2.45) is 13.0 Å². The van der Waals surface area contributed by atoms with Crippen molar-refractivity contribution in [1.29, 1.82) is 0 Å². The largest absolute Gasteiger partial charge is 0.350 e. The first-order valence-electron chi connectivity index (χ1n) is 5.24. The molecule has 0 aromatic carbocycles. The van der Waals surface area contributed by atoms with Gasteiger partial charge in [0.2, 0.25) is 0 Å². The van der Waals surface area contributed by atoms with Gasteiger partial charge in [-0.15, -0.1) is 0 Å². The van der Waals surface area contributed by atoms with Crippen molar-refractivity contribution in [2.45, 2.75) is 6.42 Å². The lowest BCUT2D eigenvalue weighted by molar-refractivity contribution is 0.0942. The van der Waals surface area contributed by atoms with Crippen LogP contribution in [0.3, 0.4) is 0 Å². The minimum absolute atomic E-state index is 0.0810. The van der Waals surface area contributed by atoms with Gasteiger partial charge in [-0.3, -0.25) is 9.48 Å². The highest BCUT2D eigenvalue weighted by Crippen LogP contribution is 2.05. The van der Waals surface area contributed by atoms with Crippen LogP contribution in [0.4, 0.5) is 0 Å². The maximum absolute atomic E-state index is 11.6. The van der Waals surface area contributed by atoms with E-state index in [2.05, 4.69) is 15.7 Å². The van der Waals surface area contributed by atoms with Gasteiger partial charge in [0.15, 0.2) is 0 Å². The normalized spacial score (nSPS) is 20.5. The molecule has 1 aromatic rings. The number of rotatable bonds is 3. The van der Waals surface area contributed by atoms with E-state index >= 15 is 0 Å². The molecule has 0 saturated carbocycles. The number of nitrogens with one attached hydrogen (secondary N) is 2. The fourth-order valence-electron chi connectivity index (χ4n) is 1.75. The first-order chi connectivity index (χ1) is 7.25. The lowest BCUT2D eigenvalue weighted by atomic mass is 10.1. The number of nitrogens with zero attached hydrogens (tertiary/aromatic N) is 2. The number of aromatic nitrogens is 2. The molecule has 1 fully saturated rings. The van der Waals surface area contributed by atoms with E-state index in [4.69, 9.17) is 0 Å². The van der Waals surface area contributed by atoms with E-state index in [1.54, 1.807) is 24.0 Å². The number of hydrogen-bond acceptors (Lipinski definition) is 3. The van der Waals surface area contributed by atoms with Crippen LogP contribution in [0.5, 0.6) is 0 Å². The monoisotopic (exact) mass is 208 g/mol. The van der Waals surface area contributed by atoms with Gasteiger partial charge in [0.25, 0.3) is 5.91 Å². The van der Waals surface area contributed by atoms with Gasteiger partial charge in [-0.25, -0.2) is 0 Å². The third-order valence-electron chi connectivity index (χ3n) is 2.66. The molecule has 5 nitrogen and oxygen atoms in total. The second-order valence-electron chi connectivity index (χ2n) is 3.94. The van der Waals surface area contributed by atoms with Crippen LogP contribution in [-0.2, 0) is 7.05 Å². The number of hydrogen-bond donors (Lipinski definition) is 2. The van der Waals surface area contributed by atoms with Gasteiger partial charge in [0.05, 0.1) is 0 Å². The summed E-state index contributed by atoms with van der Waals surface area (Å²) in [6, 6.07) is 1.72. The second kappa shape index (κ2) is 4.44. The van der Waals surface area contributed by atoms with E-state index < -0.39 is 0 Å². The number of carbonyl (C=O) groups is 1. The van der Waals surface area contributed by atoms with Gasteiger partial charge in [0, 0.05) is 19.8 Å². The molecule has 0 bridgehead atoms. The highest BCUT2D eigenvalue weighted by atomic mass is 16.1. The van der Waals surface area contributed by atoms with E-state index in [1.165, 1.54) is 0 Å². The van der Waals surface area contributed by atoms with Gasteiger partial charge in [-0.05, 0) is 31.5 Å². The van der Waals surface area contributed by atoms with Crippen LogP contribution < -0.4 is 10.6 Å². The molecule has 1 aliphatic rings. The summed E-state index contributed by atoms with van der Waals surface area (Å²) >= 11 is 0. The molecule has 1 saturated heterocycles. The summed E-state index contributed by atoms with van der Waals surface area (Å²) in [5, 5.41) is 10.2. The van der Waals surface area contributed by atoms with Crippen LogP contribution in [0.1, 0.15) is 16.9 Å². The van der Waals surface area contributed by atoms with Gasteiger partial charge >= 0.3 is 0 Å². The predicted octanol–water partition coefficient (Wildman–Crippen LogP) is -0.241. The average Bonchev–Trinajstić information content (AvgIpc) is 2.84. The van der Waals surface area contributed by atoms with Crippen molar-refractivity contribution in [2.75, 3.05) is 19.6 Å². The fraction of sp³-hybridized carbons (Fsp3) is 0.600. The smallest absolute Gasteiger partial charge is 0.271 e. The van der Waals surface area contributed by atoms with Gasteiger partial charge in [0.1, 0.15) is 5.69 Å². The molecule has 82 valence electrons. The van der Waals surface area contributed by atoms with Crippen LogP contribution in [0, 0.1) is 5.92 Å². The van der Waals surface area contributed by atoms with Crippen LogP contribution in [0.15, 0.2) is 12.3 Å². The Hall–Kier alpha value is -1.36. The molecular weight excluding hydrogens is 192 g/mol. The maximum atomic E-state index is 11.6. The Morgan fingerprint density at radius 1 is 1.80 bits per heavy atom. The molecule has 15 heavy (non-hydrogen) atoms. The minimum Gasteiger partial charge on any atom is -0.350 e. The molecule has 2 N–H and O–H groups in total. The van der Waals surface area contributed by atoms with Crippen LogP contribution >= 0.6 is 0 Å². The molecule has 2 heterocycles. The number of carbonyl (C=O) groups excluding carboxylic acids is 1. The lowest BCUT2D eigenvalue weighted by Gasteiger charge is -2.08.